The lowest BCUT2D eigenvalue weighted by atomic mass is 10.3. The van der Waals surface area contributed by atoms with Gasteiger partial charge in [0.25, 0.3) is 0 Å². The number of anilines is 1. The van der Waals surface area contributed by atoms with Gasteiger partial charge >= 0.3 is 0 Å². The molecule has 17 heavy (non-hydrogen) atoms. The molecule has 1 fully saturated rings. The van der Waals surface area contributed by atoms with E-state index in [1.54, 1.807) is 0 Å². The van der Waals surface area contributed by atoms with Crippen molar-refractivity contribution in [3.8, 4) is 0 Å². The molecule has 0 unspecified atom stereocenters. The van der Waals surface area contributed by atoms with Crippen molar-refractivity contribution in [1.29, 1.82) is 0 Å². The number of nitrogens with two attached hydrogens (primary N) is 1. The summed E-state index contributed by atoms with van der Waals surface area (Å²) in [7, 11) is 0. The molecule has 1 heterocycles. The van der Waals surface area contributed by atoms with Crippen LogP contribution in [-0.4, -0.2) is 21.1 Å². The molecule has 94 valence electrons. The highest BCUT2D eigenvalue weighted by Gasteiger charge is 2.30. The van der Waals surface area contributed by atoms with Gasteiger partial charge in [0.2, 0.25) is 0 Å². The highest BCUT2D eigenvalue weighted by Crippen LogP contribution is 2.40. The topological polar surface area (TPSA) is 43.8 Å². The van der Waals surface area contributed by atoms with Crippen molar-refractivity contribution in [2.75, 3.05) is 17.2 Å². The number of imidazole rings is 1. The molecule has 0 saturated heterocycles. The first kappa shape index (κ1) is 12.6. The highest BCUT2D eigenvalue weighted by molar-refractivity contribution is 7.99. The monoisotopic (exact) mass is 251 g/mol. The van der Waals surface area contributed by atoms with Gasteiger partial charge in [-0.15, -0.1) is 6.58 Å². The molecule has 0 amide bonds. The van der Waals surface area contributed by atoms with Crippen molar-refractivity contribution >= 4 is 17.6 Å². The second kappa shape index (κ2) is 5.63. The maximum Gasteiger partial charge on any atom is 0.127 e. The summed E-state index contributed by atoms with van der Waals surface area (Å²) in [4.78, 5) is 4.74. The standard InChI is InChI=1S/C13H21N3S/c1-3-8-16-12(14)11(7-9-17-4-2)15-13(16)10-5-6-10/h3,10H,1,4-9,14H2,2H3. The van der Waals surface area contributed by atoms with Crippen LogP contribution in [0.4, 0.5) is 5.82 Å². The van der Waals surface area contributed by atoms with Gasteiger partial charge in [0.05, 0.1) is 5.69 Å². The van der Waals surface area contributed by atoms with E-state index in [-0.39, 0.29) is 0 Å². The minimum absolute atomic E-state index is 0.643. The summed E-state index contributed by atoms with van der Waals surface area (Å²) in [6.07, 6.45) is 5.40. The lowest BCUT2D eigenvalue weighted by Gasteiger charge is -2.05. The molecule has 1 aromatic rings. The molecule has 0 radical (unpaired) electrons. The Morgan fingerprint density at radius 1 is 1.59 bits per heavy atom. The molecule has 0 aromatic carbocycles. The van der Waals surface area contributed by atoms with Crippen molar-refractivity contribution in [3.05, 3.63) is 24.2 Å². The number of aromatic nitrogens is 2. The Balaban J connectivity index is 2.15. The first-order valence-electron chi connectivity index (χ1n) is 6.31. The fourth-order valence-corrected chi connectivity index (χ4v) is 2.63. The van der Waals surface area contributed by atoms with Crippen LogP contribution in [0.1, 0.15) is 37.2 Å². The van der Waals surface area contributed by atoms with E-state index in [2.05, 4.69) is 18.1 Å². The SMILES string of the molecule is C=CCn1c(C2CC2)nc(CCSCC)c1N. The number of thioether (sulfide) groups is 1. The van der Waals surface area contributed by atoms with Crippen LogP contribution in [0.3, 0.4) is 0 Å². The second-order valence-corrected chi connectivity index (χ2v) is 5.82. The van der Waals surface area contributed by atoms with Crippen LogP contribution in [0.15, 0.2) is 12.7 Å². The summed E-state index contributed by atoms with van der Waals surface area (Å²) in [5.74, 6) is 4.94. The van der Waals surface area contributed by atoms with E-state index < -0.39 is 0 Å². The Hall–Kier alpha value is -0.900. The normalized spacial score (nSPS) is 15.1. The number of hydrogen-bond donors (Lipinski definition) is 1. The van der Waals surface area contributed by atoms with Crippen LogP contribution in [0, 0.1) is 0 Å². The third kappa shape index (κ3) is 2.86. The molecule has 3 nitrogen and oxygen atoms in total. The number of rotatable bonds is 7. The number of nitrogen functional groups attached to an aromatic ring is 1. The third-order valence-electron chi connectivity index (χ3n) is 3.05. The smallest absolute Gasteiger partial charge is 0.127 e. The number of allylic oxidation sites excluding steroid dienone is 1. The molecule has 1 aliphatic carbocycles. The number of aryl methyl sites for hydroxylation is 1. The van der Waals surface area contributed by atoms with Crippen LogP contribution in [0.25, 0.3) is 0 Å². The Morgan fingerprint density at radius 3 is 2.94 bits per heavy atom. The van der Waals surface area contributed by atoms with E-state index in [9.17, 15) is 0 Å². The Labute approximate surface area is 107 Å². The fourth-order valence-electron chi connectivity index (χ4n) is 2.01. The van der Waals surface area contributed by atoms with Crippen LogP contribution in [0.5, 0.6) is 0 Å². The summed E-state index contributed by atoms with van der Waals surface area (Å²) < 4.78 is 2.14. The summed E-state index contributed by atoms with van der Waals surface area (Å²) in [6, 6.07) is 0. The maximum atomic E-state index is 6.18. The average Bonchev–Trinajstić information content (AvgIpc) is 3.11. The van der Waals surface area contributed by atoms with E-state index in [4.69, 9.17) is 10.7 Å². The molecule has 4 heteroatoms. The molecule has 0 atom stereocenters. The largest absolute Gasteiger partial charge is 0.384 e. The third-order valence-corrected chi connectivity index (χ3v) is 3.96. The van der Waals surface area contributed by atoms with E-state index in [0.717, 1.165) is 36.0 Å². The molecule has 1 aromatic heterocycles. The zero-order chi connectivity index (χ0) is 12.3. The van der Waals surface area contributed by atoms with Gasteiger partial charge in [-0.25, -0.2) is 4.98 Å². The summed E-state index contributed by atoms with van der Waals surface area (Å²) in [5, 5.41) is 0. The lowest BCUT2D eigenvalue weighted by Crippen LogP contribution is -2.05. The van der Waals surface area contributed by atoms with Gasteiger partial charge in [-0.3, -0.25) is 0 Å². The highest BCUT2D eigenvalue weighted by atomic mass is 32.2. The van der Waals surface area contributed by atoms with E-state index in [1.807, 2.05) is 17.8 Å². The molecule has 0 aliphatic heterocycles. The van der Waals surface area contributed by atoms with Gasteiger partial charge in [-0.1, -0.05) is 13.0 Å². The van der Waals surface area contributed by atoms with Gasteiger partial charge in [0.1, 0.15) is 11.6 Å². The summed E-state index contributed by atoms with van der Waals surface area (Å²) in [6.45, 7) is 6.76. The van der Waals surface area contributed by atoms with Crippen molar-refractivity contribution in [1.82, 2.24) is 9.55 Å². The van der Waals surface area contributed by atoms with Crippen molar-refractivity contribution < 1.29 is 0 Å². The van der Waals surface area contributed by atoms with Gasteiger partial charge < -0.3 is 10.3 Å². The summed E-state index contributed by atoms with van der Waals surface area (Å²) >= 11 is 1.94. The predicted octanol–water partition coefficient (Wildman–Crippen LogP) is 2.82. The minimum Gasteiger partial charge on any atom is -0.384 e. The molecule has 2 N–H and O–H groups in total. The molecule has 2 rings (SSSR count). The Bertz CT molecular complexity index is 394. The second-order valence-electron chi connectivity index (χ2n) is 4.42. The fraction of sp³-hybridized carbons (Fsp3) is 0.615. The maximum absolute atomic E-state index is 6.18. The predicted molar refractivity (Wildman–Crippen MR) is 75.5 cm³/mol. The van der Waals surface area contributed by atoms with Crippen LogP contribution in [-0.2, 0) is 13.0 Å². The first-order valence-corrected chi connectivity index (χ1v) is 7.46. The van der Waals surface area contributed by atoms with Gasteiger partial charge in [-0.2, -0.15) is 11.8 Å². The molecular weight excluding hydrogens is 230 g/mol. The molecule has 1 saturated carbocycles. The Kier molecular flexibility index (Phi) is 4.15. The van der Waals surface area contributed by atoms with Crippen LogP contribution in [0.2, 0.25) is 0 Å². The molecule has 0 bridgehead atoms. The van der Waals surface area contributed by atoms with Crippen LogP contribution < -0.4 is 5.73 Å². The van der Waals surface area contributed by atoms with Crippen LogP contribution >= 0.6 is 11.8 Å². The lowest BCUT2D eigenvalue weighted by molar-refractivity contribution is 0.750. The van der Waals surface area contributed by atoms with E-state index in [0.29, 0.717) is 5.92 Å². The van der Waals surface area contributed by atoms with E-state index >= 15 is 0 Å². The zero-order valence-electron chi connectivity index (χ0n) is 10.5. The Morgan fingerprint density at radius 2 is 2.35 bits per heavy atom. The van der Waals surface area contributed by atoms with Gasteiger partial charge in [0, 0.05) is 18.9 Å². The average molecular weight is 251 g/mol. The van der Waals surface area contributed by atoms with Gasteiger partial charge in [0.15, 0.2) is 0 Å². The first-order chi connectivity index (χ1) is 8.27. The molecule has 0 spiro atoms. The minimum atomic E-state index is 0.643. The quantitative estimate of drug-likeness (QED) is 0.598. The molecular formula is C13H21N3S. The van der Waals surface area contributed by atoms with Crippen molar-refractivity contribution in [2.24, 2.45) is 0 Å². The zero-order valence-corrected chi connectivity index (χ0v) is 11.3. The van der Waals surface area contributed by atoms with Crippen molar-refractivity contribution in [3.63, 3.8) is 0 Å². The van der Waals surface area contributed by atoms with E-state index in [1.165, 1.54) is 18.7 Å². The summed E-state index contributed by atoms with van der Waals surface area (Å²) in [5.41, 5.74) is 7.26. The molecule has 1 aliphatic rings. The number of hydrogen-bond acceptors (Lipinski definition) is 3. The number of nitrogens with zero attached hydrogens (tertiary/aromatic N) is 2. The van der Waals surface area contributed by atoms with Crippen molar-refractivity contribution in [2.45, 2.75) is 38.6 Å². The van der Waals surface area contributed by atoms with Gasteiger partial charge in [-0.05, 0) is 24.3 Å².